The number of halogens is 1. The lowest BCUT2D eigenvalue weighted by molar-refractivity contribution is 0.129. The van der Waals surface area contributed by atoms with Gasteiger partial charge in [-0.05, 0) is 37.0 Å². The van der Waals surface area contributed by atoms with Crippen LogP contribution in [0.15, 0.2) is 23.1 Å². The van der Waals surface area contributed by atoms with E-state index in [-0.39, 0.29) is 16.5 Å². The second kappa shape index (κ2) is 6.09. The molecule has 5 nitrogen and oxygen atoms in total. The molecule has 19 heavy (non-hydrogen) atoms. The zero-order valence-electron chi connectivity index (χ0n) is 10.4. The van der Waals surface area contributed by atoms with E-state index >= 15 is 0 Å². The first-order valence-corrected chi connectivity index (χ1v) is 7.97. The molecule has 0 saturated heterocycles. The van der Waals surface area contributed by atoms with Crippen molar-refractivity contribution in [2.75, 3.05) is 25.5 Å². The van der Waals surface area contributed by atoms with E-state index in [0.717, 1.165) is 0 Å². The van der Waals surface area contributed by atoms with E-state index < -0.39 is 10.0 Å². The summed E-state index contributed by atoms with van der Waals surface area (Å²) in [6.07, 6.45) is 2.43. The Kier molecular flexibility index (Phi) is 4.67. The molecule has 1 aliphatic rings. The molecule has 7 heteroatoms. The molecule has 1 aromatic rings. The number of rotatable bonds is 7. The predicted octanol–water partition coefficient (Wildman–Crippen LogP) is 1.63. The van der Waals surface area contributed by atoms with Crippen molar-refractivity contribution in [1.82, 2.24) is 4.72 Å². The van der Waals surface area contributed by atoms with Crippen molar-refractivity contribution in [3.63, 3.8) is 0 Å². The molecule has 0 aromatic heterocycles. The molecule has 0 amide bonds. The molecular formula is C12H17ClN2O3S. The van der Waals surface area contributed by atoms with E-state index in [1.165, 1.54) is 31.0 Å². The summed E-state index contributed by atoms with van der Waals surface area (Å²) in [4.78, 5) is 0.0329. The first kappa shape index (κ1) is 14.6. The third kappa shape index (κ3) is 4.35. The number of hydrogen-bond acceptors (Lipinski definition) is 4. The third-order valence-electron chi connectivity index (χ3n) is 2.83. The van der Waals surface area contributed by atoms with Crippen molar-refractivity contribution in [3.8, 4) is 0 Å². The van der Waals surface area contributed by atoms with Crippen LogP contribution in [0.3, 0.4) is 0 Å². The van der Waals surface area contributed by atoms with Gasteiger partial charge < -0.3 is 10.5 Å². The van der Waals surface area contributed by atoms with Crippen LogP contribution < -0.4 is 10.5 Å². The Bertz CT molecular complexity index is 544. The number of nitrogen functional groups attached to an aromatic ring is 1. The topological polar surface area (TPSA) is 81.4 Å². The predicted molar refractivity (Wildman–Crippen MR) is 74.6 cm³/mol. The monoisotopic (exact) mass is 304 g/mol. The lowest BCUT2D eigenvalue weighted by atomic mass is 10.3. The summed E-state index contributed by atoms with van der Waals surface area (Å²) >= 11 is 5.87. The van der Waals surface area contributed by atoms with Crippen LogP contribution in [-0.4, -0.2) is 28.2 Å². The standard InChI is InChI=1S/C12H17ClN2O3S/c13-11-7-10(14)3-4-12(11)19(16,17)15-5-6-18-8-9-1-2-9/h3-4,7,9,15H,1-2,5-6,8,14H2. The highest BCUT2D eigenvalue weighted by Crippen LogP contribution is 2.28. The number of sulfonamides is 1. The number of benzene rings is 1. The van der Waals surface area contributed by atoms with Gasteiger partial charge in [-0.25, -0.2) is 13.1 Å². The minimum Gasteiger partial charge on any atom is -0.399 e. The lowest BCUT2D eigenvalue weighted by Crippen LogP contribution is -2.28. The molecule has 3 N–H and O–H groups in total. The van der Waals surface area contributed by atoms with Gasteiger partial charge in [0.25, 0.3) is 0 Å². The van der Waals surface area contributed by atoms with Crippen molar-refractivity contribution in [2.45, 2.75) is 17.7 Å². The van der Waals surface area contributed by atoms with Crippen LogP contribution in [0.25, 0.3) is 0 Å². The largest absolute Gasteiger partial charge is 0.399 e. The Morgan fingerprint density at radius 2 is 2.16 bits per heavy atom. The van der Waals surface area contributed by atoms with E-state index in [9.17, 15) is 8.42 Å². The van der Waals surface area contributed by atoms with Gasteiger partial charge in [0.05, 0.1) is 11.6 Å². The zero-order chi connectivity index (χ0) is 13.9. The first-order chi connectivity index (χ1) is 8.99. The summed E-state index contributed by atoms with van der Waals surface area (Å²) in [5, 5.41) is 0.117. The molecule has 106 valence electrons. The quantitative estimate of drug-likeness (QED) is 0.592. The number of hydrogen-bond donors (Lipinski definition) is 2. The summed E-state index contributed by atoms with van der Waals surface area (Å²) in [6, 6.07) is 4.31. The summed E-state index contributed by atoms with van der Waals surface area (Å²) in [5.74, 6) is 0.670. The Morgan fingerprint density at radius 3 is 2.79 bits per heavy atom. The average Bonchev–Trinajstić information content (AvgIpc) is 3.11. The smallest absolute Gasteiger partial charge is 0.242 e. The molecule has 1 aliphatic carbocycles. The van der Waals surface area contributed by atoms with Gasteiger partial charge in [-0.1, -0.05) is 11.6 Å². The highest BCUT2D eigenvalue weighted by molar-refractivity contribution is 7.89. The van der Waals surface area contributed by atoms with E-state index in [1.807, 2.05) is 0 Å². The number of ether oxygens (including phenoxy) is 1. The molecule has 0 unspecified atom stereocenters. The molecular weight excluding hydrogens is 288 g/mol. The van der Waals surface area contributed by atoms with Crippen LogP contribution in [0.1, 0.15) is 12.8 Å². The summed E-state index contributed by atoms with van der Waals surface area (Å²) in [7, 11) is -3.61. The molecule has 1 aromatic carbocycles. The second-order valence-electron chi connectivity index (χ2n) is 4.61. The maximum Gasteiger partial charge on any atom is 0.242 e. The van der Waals surface area contributed by atoms with Crippen molar-refractivity contribution < 1.29 is 13.2 Å². The Morgan fingerprint density at radius 1 is 1.42 bits per heavy atom. The highest BCUT2D eigenvalue weighted by atomic mass is 35.5. The van der Waals surface area contributed by atoms with Crippen molar-refractivity contribution in [2.24, 2.45) is 5.92 Å². The van der Waals surface area contributed by atoms with Gasteiger partial charge in [0.15, 0.2) is 0 Å². The van der Waals surface area contributed by atoms with Crippen molar-refractivity contribution in [1.29, 1.82) is 0 Å². The van der Waals surface area contributed by atoms with Crippen molar-refractivity contribution in [3.05, 3.63) is 23.2 Å². The third-order valence-corrected chi connectivity index (χ3v) is 4.78. The first-order valence-electron chi connectivity index (χ1n) is 6.11. The summed E-state index contributed by atoms with van der Waals surface area (Å²) < 4.78 is 31.8. The Labute approximate surface area is 118 Å². The van der Waals surface area contributed by atoms with Crippen LogP contribution in [-0.2, 0) is 14.8 Å². The second-order valence-corrected chi connectivity index (χ2v) is 6.75. The number of nitrogens with two attached hydrogens (primary N) is 1. The minimum absolute atomic E-state index is 0.0329. The maximum atomic E-state index is 12.0. The highest BCUT2D eigenvalue weighted by Gasteiger charge is 2.21. The van der Waals surface area contributed by atoms with Gasteiger partial charge in [0.1, 0.15) is 4.90 Å². The van der Waals surface area contributed by atoms with Crippen LogP contribution in [0.2, 0.25) is 5.02 Å². The molecule has 0 aliphatic heterocycles. The van der Waals surface area contributed by atoms with Gasteiger partial charge in [-0.3, -0.25) is 0 Å². The van der Waals surface area contributed by atoms with E-state index in [4.69, 9.17) is 22.1 Å². The SMILES string of the molecule is Nc1ccc(S(=O)(=O)NCCOCC2CC2)c(Cl)c1. The van der Waals surface area contributed by atoms with Crippen LogP contribution >= 0.6 is 11.6 Å². The molecule has 0 bridgehead atoms. The molecule has 0 radical (unpaired) electrons. The van der Waals surface area contributed by atoms with E-state index in [0.29, 0.717) is 24.8 Å². The fraction of sp³-hybridized carbons (Fsp3) is 0.500. The Hall–Kier alpha value is -0.820. The van der Waals surface area contributed by atoms with Gasteiger partial charge in [0, 0.05) is 18.8 Å². The fourth-order valence-electron chi connectivity index (χ4n) is 1.60. The van der Waals surface area contributed by atoms with Gasteiger partial charge >= 0.3 is 0 Å². The number of anilines is 1. The minimum atomic E-state index is -3.61. The molecule has 0 spiro atoms. The van der Waals surface area contributed by atoms with Crippen LogP contribution in [0.5, 0.6) is 0 Å². The van der Waals surface area contributed by atoms with E-state index in [1.54, 1.807) is 0 Å². The fourth-order valence-corrected chi connectivity index (χ4v) is 3.16. The van der Waals surface area contributed by atoms with Gasteiger partial charge in [0.2, 0.25) is 10.0 Å². The zero-order valence-corrected chi connectivity index (χ0v) is 12.0. The Balaban J connectivity index is 1.86. The maximum absolute atomic E-state index is 12.0. The molecule has 2 rings (SSSR count). The number of nitrogens with one attached hydrogen (secondary N) is 1. The molecule has 1 fully saturated rings. The molecule has 0 heterocycles. The van der Waals surface area contributed by atoms with Gasteiger partial charge in [-0.2, -0.15) is 0 Å². The van der Waals surface area contributed by atoms with Gasteiger partial charge in [-0.15, -0.1) is 0 Å². The van der Waals surface area contributed by atoms with E-state index in [2.05, 4.69) is 4.72 Å². The van der Waals surface area contributed by atoms with Crippen LogP contribution in [0.4, 0.5) is 5.69 Å². The summed E-state index contributed by atoms with van der Waals surface area (Å²) in [6.45, 7) is 1.31. The summed E-state index contributed by atoms with van der Waals surface area (Å²) in [5.41, 5.74) is 5.95. The molecule has 1 saturated carbocycles. The lowest BCUT2D eigenvalue weighted by Gasteiger charge is -2.09. The van der Waals surface area contributed by atoms with Crippen LogP contribution in [0, 0.1) is 5.92 Å². The van der Waals surface area contributed by atoms with Crippen molar-refractivity contribution >= 4 is 27.3 Å². The normalized spacial score (nSPS) is 15.6. The average molecular weight is 305 g/mol. The molecule has 0 atom stereocenters.